The van der Waals surface area contributed by atoms with Crippen molar-refractivity contribution in [1.82, 2.24) is 0 Å². The highest BCUT2D eigenvalue weighted by Gasteiger charge is 1.81. The van der Waals surface area contributed by atoms with Crippen molar-refractivity contribution in [2.75, 3.05) is 6.61 Å². The lowest BCUT2D eigenvalue weighted by Gasteiger charge is -1.89. The lowest BCUT2D eigenvalue weighted by Crippen LogP contribution is -1.95. The molecule has 0 aromatic heterocycles. The van der Waals surface area contributed by atoms with E-state index in [4.69, 9.17) is 0 Å². The van der Waals surface area contributed by atoms with Crippen LogP contribution in [0.15, 0.2) is 13.2 Å². The monoisotopic (exact) mass is 116 g/mol. The summed E-state index contributed by atoms with van der Waals surface area (Å²) in [5, 5.41) is 0. The maximum Gasteiger partial charge on any atom is 0.302 e. The largest absolute Gasteiger partial charge is 0.466 e. The van der Waals surface area contributed by atoms with E-state index in [1.165, 1.54) is 6.92 Å². The molecule has 0 aliphatic heterocycles. The Hall–Kier alpha value is -0.790. The van der Waals surface area contributed by atoms with E-state index in [0.29, 0.717) is 6.61 Å². The number of rotatable bonds is 1. The van der Waals surface area contributed by atoms with Crippen molar-refractivity contribution in [3.8, 4) is 0 Å². The highest BCUT2D eigenvalue weighted by molar-refractivity contribution is 5.65. The Morgan fingerprint density at radius 1 is 1.62 bits per heavy atom. The molecule has 2 heteroatoms. The van der Waals surface area contributed by atoms with Gasteiger partial charge in [0.15, 0.2) is 0 Å². The van der Waals surface area contributed by atoms with Crippen LogP contribution in [0.3, 0.4) is 0 Å². The third-order valence-electron chi connectivity index (χ3n) is 0.348. The molecule has 0 fully saturated rings. The smallest absolute Gasteiger partial charge is 0.302 e. The van der Waals surface area contributed by atoms with E-state index in [1.54, 1.807) is 6.92 Å². The average Bonchev–Trinajstić information content (AvgIpc) is 1.72. The molecule has 0 saturated heterocycles. The average molecular weight is 116 g/mol. The van der Waals surface area contributed by atoms with Gasteiger partial charge < -0.3 is 4.74 Å². The van der Waals surface area contributed by atoms with Crippen LogP contribution >= 0.6 is 0 Å². The Balaban J connectivity index is 0. The highest BCUT2D eigenvalue weighted by atomic mass is 16.5. The molecule has 0 aliphatic carbocycles. The van der Waals surface area contributed by atoms with Gasteiger partial charge in [-0.3, -0.25) is 4.79 Å². The summed E-state index contributed by atoms with van der Waals surface area (Å²) >= 11 is 0. The molecule has 0 atom stereocenters. The van der Waals surface area contributed by atoms with E-state index in [-0.39, 0.29) is 5.97 Å². The fraction of sp³-hybridized carbons (Fsp3) is 0.500. The molecular weight excluding hydrogens is 104 g/mol. The first kappa shape index (κ1) is 10.2. The minimum absolute atomic E-state index is 0.211. The standard InChI is InChI=1S/C4H8O2.C2H4/c1-3-6-4(2)5;1-2/h3H2,1-2H3;1-2H2. The van der Waals surface area contributed by atoms with Gasteiger partial charge in [0, 0.05) is 6.92 Å². The quantitative estimate of drug-likeness (QED) is 0.382. The van der Waals surface area contributed by atoms with Crippen LogP contribution in [0.4, 0.5) is 0 Å². The number of carbonyl (C=O) groups excluding carboxylic acids is 1. The number of carbonyl (C=O) groups is 1. The summed E-state index contributed by atoms with van der Waals surface area (Å²) in [7, 11) is 0. The molecule has 0 rings (SSSR count). The van der Waals surface area contributed by atoms with Gasteiger partial charge in [-0.25, -0.2) is 0 Å². The van der Waals surface area contributed by atoms with Crippen molar-refractivity contribution in [2.24, 2.45) is 0 Å². The van der Waals surface area contributed by atoms with Gasteiger partial charge in [0.05, 0.1) is 6.61 Å². The fourth-order valence-corrected chi connectivity index (χ4v) is 0.203. The lowest BCUT2D eigenvalue weighted by atomic mass is 10.8. The number of esters is 1. The molecule has 0 amide bonds. The summed E-state index contributed by atoms with van der Waals surface area (Å²) in [5.74, 6) is -0.211. The van der Waals surface area contributed by atoms with Gasteiger partial charge in [-0.2, -0.15) is 0 Å². The van der Waals surface area contributed by atoms with Crippen LogP contribution in [-0.4, -0.2) is 12.6 Å². The Morgan fingerprint density at radius 2 is 2.00 bits per heavy atom. The first-order chi connectivity index (χ1) is 3.77. The Labute approximate surface area is 50.2 Å². The van der Waals surface area contributed by atoms with Crippen molar-refractivity contribution in [3.05, 3.63) is 13.2 Å². The van der Waals surface area contributed by atoms with Gasteiger partial charge in [-0.05, 0) is 6.92 Å². The molecule has 0 aromatic carbocycles. The summed E-state index contributed by atoms with van der Waals surface area (Å²) < 4.78 is 4.40. The second-order valence-corrected chi connectivity index (χ2v) is 0.925. The maximum absolute atomic E-state index is 9.82. The van der Waals surface area contributed by atoms with Crippen molar-refractivity contribution in [2.45, 2.75) is 13.8 Å². The van der Waals surface area contributed by atoms with Gasteiger partial charge in [0.25, 0.3) is 0 Å². The van der Waals surface area contributed by atoms with Crippen LogP contribution in [0.25, 0.3) is 0 Å². The van der Waals surface area contributed by atoms with Crippen LogP contribution in [0.2, 0.25) is 0 Å². The van der Waals surface area contributed by atoms with E-state index < -0.39 is 0 Å². The van der Waals surface area contributed by atoms with Gasteiger partial charge >= 0.3 is 5.97 Å². The van der Waals surface area contributed by atoms with E-state index in [2.05, 4.69) is 17.9 Å². The topological polar surface area (TPSA) is 26.3 Å². The highest BCUT2D eigenvalue weighted by Crippen LogP contribution is 1.69. The van der Waals surface area contributed by atoms with Crippen molar-refractivity contribution in [1.29, 1.82) is 0 Å². The van der Waals surface area contributed by atoms with E-state index in [1.807, 2.05) is 0 Å². The van der Waals surface area contributed by atoms with Gasteiger partial charge in [0.2, 0.25) is 0 Å². The molecular formula is C6H12O2. The molecule has 2 nitrogen and oxygen atoms in total. The zero-order valence-electron chi connectivity index (χ0n) is 5.44. The van der Waals surface area contributed by atoms with Crippen LogP contribution in [0.5, 0.6) is 0 Å². The molecule has 0 radical (unpaired) electrons. The van der Waals surface area contributed by atoms with Crippen LogP contribution < -0.4 is 0 Å². The minimum Gasteiger partial charge on any atom is -0.466 e. The first-order valence-electron chi connectivity index (χ1n) is 2.40. The van der Waals surface area contributed by atoms with E-state index in [0.717, 1.165) is 0 Å². The number of hydrogen-bond acceptors (Lipinski definition) is 2. The molecule has 8 heavy (non-hydrogen) atoms. The molecule has 0 N–H and O–H groups in total. The minimum atomic E-state index is -0.211. The predicted octanol–water partition coefficient (Wildman–Crippen LogP) is 1.37. The number of hydrogen-bond donors (Lipinski definition) is 0. The Morgan fingerprint density at radius 3 is 2.00 bits per heavy atom. The number of ether oxygens (including phenoxy) is 1. The summed E-state index contributed by atoms with van der Waals surface area (Å²) in [4.78, 5) is 9.82. The maximum atomic E-state index is 9.82. The second kappa shape index (κ2) is 9.51. The van der Waals surface area contributed by atoms with Gasteiger partial charge in [-0.15, -0.1) is 13.2 Å². The van der Waals surface area contributed by atoms with Crippen LogP contribution in [0.1, 0.15) is 13.8 Å². The van der Waals surface area contributed by atoms with Crippen molar-refractivity contribution >= 4 is 5.97 Å². The SMILES string of the molecule is C=C.CCOC(C)=O. The zero-order chi connectivity index (χ0) is 6.99. The summed E-state index contributed by atoms with van der Waals surface area (Å²) in [5.41, 5.74) is 0. The molecule has 0 unspecified atom stereocenters. The van der Waals surface area contributed by atoms with E-state index in [9.17, 15) is 4.79 Å². The lowest BCUT2D eigenvalue weighted by molar-refractivity contribution is -0.140. The normalized spacial score (nSPS) is 6.25. The molecule has 0 heterocycles. The fourth-order valence-electron chi connectivity index (χ4n) is 0.203. The van der Waals surface area contributed by atoms with Gasteiger partial charge in [0.1, 0.15) is 0 Å². The third kappa shape index (κ3) is 18.9. The third-order valence-corrected chi connectivity index (χ3v) is 0.348. The molecule has 0 spiro atoms. The first-order valence-corrected chi connectivity index (χ1v) is 2.40. The zero-order valence-corrected chi connectivity index (χ0v) is 5.44. The van der Waals surface area contributed by atoms with Crippen molar-refractivity contribution in [3.63, 3.8) is 0 Å². The van der Waals surface area contributed by atoms with Crippen molar-refractivity contribution < 1.29 is 9.53 Å². The molecule has 0 aliphatic rings. The molecule has 0 saturated carbocycles. The summed E-state index contributed by atoms with van der Waals surface area (Å²) in [6.07, 6.45) is 0. The summed E-state index contributed by atoms with van der Waals surface area (Å²) in [6, 6.07) is 0. The Bertz CT molecular complexity index is 59.5. The second-order valence-electron chi connectivity index (χ2n) is 0.925. The molecule has 48 valence electrons. The summed E-state index contributed by atoms with van der Waals surface area (Å²) in [6.45, 7) is 9.65. The predicted molar refractivity (Wildman–Crippen MR) is 33.6 cm³/mol. The Kier molecular flexibility index (Phi) is 12.2. The van der Waals surface area contributed by atoms with E-state index >= 15 is 0 Å². The molecule has 0 aromatic rings. The molecule has 0 bridgehead atoms. The van der Waals surface area contributed by atoms with Crippen LogP contribution in [-0.2, 0) is 9.53 Å². The van der Waals surface area contributed by atoms with Crippen LogP contribution in [0, 0.1) is 0 Å². The van der Waals surface area contributed by atoms with Gasteiger partial charge in [-0.1, -0.05) is 0 Å².